The van der Waals surface area contributed by atoms with E-state index in [2.05, 4.69) is 20.3 Å². The molecule has 1 aromatic heterocycles. The number of anilines is 2. The number of benzene rings is 2. The number of hydrogen-bond donors (Lipinski definition) is 3. The average molecular weight is 537 g/mol. The molecule has 0 saturated carbocycles. The first kappa shape index (κ1) is 26.6. The van der Waals surface area contributed by atoms with E-state index in [0.717, 1.165) is 5.56 Å². The second kappa shape index (κ2) is 11.2. The van der Waals surface area contributed by atoms with Gasteiger partial charge in [-0.3, -0.25) is 4.72 Å². The van der Waals surface area contributed by atoms with E-state index >= 15 is 0 Å². The molecule has 0 radical (unpaired) electrons. The van der Waals surface area contributed by atoms with Crippen LogP contribution in [0.4, 0.5) is 16.3 Å². The number of nitrogens with one attached hydrogen (secondary N) is 3. The van der Waals surface area contributed by atoms with Gasteiger partial charge >= 0.3 is 6.09 Å². The second-order valence-corrected chi connectivity index (χ2v) is 11.0. The molecule has 1 atom stereocenters. The summed E-state index contributed by atoms with van der Waals surface area (Å²) >= 11 is 11.8. The Hall–Kier alpha value is -3.01. The lowest BCUT2D eigenvalue weighted by Crippen LogP contribution is -2.43. The molecule has 0 aliphatic rings. The fourth-order valence-corrected chi connectivity index (χ4v) is 4.57. The van der Waals surface area contributed by atoms with Crippen molar-refractivity contribution in [2.45, 2.75) is 43.9 Å². The molecule has 186 valence electrons. The quantitative estimate of drug-likeness (QED) is 0.303. The van der Waals surface area contributed by atoms with Crippen LogP contribution in [0, 0.1) is 0 Å². The van der Waals surface area contributed by atoms with Crippen LogP contribution in [-0.2, 0) is 21.2 Å². The van der Waals surface area contributed by atoms with Gasteiger partial charge in [0, 0.05) is 22.7 Å². The van der Waals surface area contributed by atoms with Crippen molar-refractivity contribution in [3.63, 3.8) is 0 Å². The van der Waals surface area contributed by atoms with Crippen LogP contribution in [-0.4, -0.2) is 31.3 Å². The minimum absolute atomic E-state index is 0.0503. The number of nitrogens with zero attached hydrogens (tertiary/aromatic N) is 1. The molecule has 11 heteroatoms. The highest BCUT2D eigenvalue weighted by atomic mass is 35.5. The van der Waals surface area contributed by atoms with Crippen molar-refractivity contribution >= 4 is 50.8 Å². The fourth-order valence-electron chi connectivity index (χ4n) is 3.25. The normalized spacial score (nSPS) is 12.5. The van der Waals surface area contributed by atoms with Crippen molar-refractivity contribution in [2.24, 2.45) is 0 Å². The standard InChI is InChI=1S/C24H26Cl2N4O4S/c1-16(29-23(31)34-24(2,3)15-17-6-8-18(25)9-7-17)28-22-21(5-4-14-27-22)30-35(32,33)20-12-10-19(26)11-13-20/h4-14,16,30H,15H2,1-3H3,(H,27,28)(H,29,31). The molecule has 0 fully saturated rings. The predicted octanol–water partition coefficient (Wildman–Crippen LogP) is 5.69. The smallest absolute Gasteiger partial charge is 0.409 e. The molecule has 3 aromatic rings. The van der Waals surface area contributed by atoms with Gasteiger partial charge in [0.15, 0.2) is 5.82 Å². The Kier molecular flexibility index (Phi) is 8.47. The molecule has 0 aliphatic heterocycles. The maximum absolute atomic E-state index is 12.7. The summed E-state index contributed by atoms with van der Waals surface area (Å²) < 4.78 is 33.6. The lowest BCUT2D eigenvalue weighted by Gasteiger charge is -2.27. The van der Waals surface area contributed by atoms with Gasteiger partial charge < -0.3 is 15.4 Å². The fraction of sp³-hybridized carbons (Fsp3) is 0.250. The Bertz CT molecular complexity index is 1270. The molecule has 0 spiro atoms. The Labute approximate surface area is 215 Å². The summed E-state index contributed by atoms with van der Waals surface area (Å²) in [5.74, 6) is 0.235. The van der Waals surface area contributed by atoms with Gasteiger partial charge in [-0.25, -0.2) is 18.2 Å². The molecule has 3 rings (SSSR count). The molecule has 1 heterocycles. The van der Waals surface area contributed by atoms with Gasteiger partial charge in [0.05, 0.1) is 10.6 Å². The molecule has 1 amide bonds. The number of carbonyl (C=O) groups excluding carboxylic acids is 1. The zero-order chi connectivity index (χ0) is 25.6. The molecule has 3 N–H and O–H groups in total. The van der Waals surface area contributed by atoms with E-state index in [9.17, 15) is 13.2 Å². The summed E-state index contributed by atoms with van der Waals surface area (Å²) in [4.78, 5) is 16.7. The molecule has 0 saturated heterocycles. The van der Waals surface area contributed by atoms with Crippen molar-refractivity contribution in [1.29, 1.82) is 0 Å². The molecule has 1 unspecified atom stereocenters. The van der Waals surface area contributed by atoms with Gasteiger partial charge in [-0.15, -0.1) is 0 Å². The number of aromatic nitrogens is 1. The third kappa shape index (κ3) is 8.02. The highest BCUT2D eigenvalue weighted by Crippen LogP contribution is 2.24. The summed E-state index contributed by atoms with van der Waals surface area (Å²) in [5.41, 5.74) is 0.416. The van der Waals surface area contributed by atoms with Crippen molar-refractivity contribution in [3.8, 4) is 0 Å². The SMILES string of the molecule is CC(NC(=O)OC(C)(C)Cc1ccc(Cl)cc1)Nc1ncccc1NS(=O)(=O)c1ccc(Cl)cc1. The monoisotopic (exact) mass is 536 g/mol. The highest BCUT2D eigenvalue weighted by molar-refractivity contribution is 7.92. The number of carbonyl (C=O) groups is 1. The third-order valence-electron chi connectivity index (χ3n) is 4.78. The number of alkyl carbamates (subject to hydrolysis) is 1. The molecular weight excluding hydrogens is 511 g/mol. The van der Waals surface area contributed by atoms with E-state index in [1.54, 1.807) is 31.2 Å². The number of halogens is 2. The van der Waals surface area contributed by atoms with Crippen LogP contribution < -0.4 is 15.4 Å². The molecule has 8 nitrogen and oxygen atoms in total. The minimum atomic E-state index is -3.88. The number of sulfonamides is 1. The summed E-state index contributed by atoms with van der Waals surface area (Å²) in [6.45, 7) is 5.29. The van der Waals surface area contributed by atoms with Crippen LogP contribution in [0.15, 0.2) is 71.8 Å². The lowest BCUT2D eigenvalue weighted by atomic mass is 9.98. The van der Waals surface area contributed by atoms with Crippen molar-refractivity contribution in [3.05, 3.63) is 82.5 Å². The van der Waals surface area contributed by atoms with Crippen LogP contribution in [0.2, 0.25) is 10.0 Å². The van der Waals surface area contributed by atoms with Crippen LogP contribution in [0.5, 0.6) is 0 Å². The number of pyridine rings is 1. The molecule has 0 bridgehead atoms. The van der Waals surface area contributed by atoms with Crippen molar-refractivity contribution in [2.75, 3.05) is 10.0 Å². The number of amides is 1. The van der Waals surface area contributed by atoms with E-state index in [-0.39, 0.29) is 16.4 Å². The van der Waals surface area contributed by atoms with Gasteiger partial charge in [-0.05, 0) is 74.9 Å². The second-order valence-electron chi connectivity index (χ2n) is 8.42. The summed E-state index contributed by atoms with van der Waals surface area (Å²) in [6, 6.07) is 16.3. The van der Waals surface area contributed by atoms with Crippen molar-refractivity contribution in [1.82, 2.24) is 10.3 Å². The molecule has 2 aromatic carbocycles. The van der Waals surface area contributed by atoms with Gasteiger partial charge in [0.2, 0.25) is 0 Å². The van der Waals surface area contributed by atoms with E-state index in [1.165, 1.54) is 30.5 Å². The summed E-state index contributed by atoms with van der Waals surface area (Å²) in [5, 5.41) is 6.72. The highest BCUT2D eigenvalue weighted by Gasteiger charge is 2.25. The zero-order valence-electron chi connectivity index (χ0n) is 19.4. The van der Waals surface area contributed by atoms with Crippen LogP contribution >= 0.6 is 23.2 Å². The topological polar surface area (TPSA) is 109 Å². The molecule has 0 aliphatic carbocycles. The summed E-state index contributed by atoms with van der Waals surface area (Å²) in [6.07, 6.45) is 0.740. The number of hydrogen-bond acceptors (Lipinski definition) is 6. The van der Waals surface area contributed by atoms with E-state index in [4.69, 9.17) is 27.9 Å². The third-order valence-corrected chi connectivity index (χ3v) is 6.66. The van der Waals surface area contributed by atoms with Gasteiger partial charge in [0.1, 0.15) is 11.8 Å². The predicted molar refractivity (Wildman–Crippen MR) is 138 cm³/mol. The van der Waals surface area contributed by atoms with Crippen LogP contribution in [0.25, 0.3) is 0 Å². The average Bonchev–Trinajstić information content (AvgIpc) is 2.76. The lowest BCUT2D eigenvalue weighted by molar-refractivity contribution is 0.0381. The maximum atomic E-state index is 12.7. The Morgan fingerprint density at radius 1 is 1.03 bits per heavy atom. The Morgan fingerprint density at radius 2 is 1.63 bits per heavy atom. The first-order valence-corrected chi connectivity index (χ1v) is 12.9. The Morgan fingerprint density at radius 3 is 2.26 bits per heavy atom. The van der Waals surface area contributed by atoms with Gasteiger partial charge in [-0.1, -0.05) is 35.3 Å². The Balaban J connectivity index is 1.61. The largest absolute Gasteiger partial charge is 0.443 e. The summed E-state index contributed by atoms with van der Waals surface area (Å²) in [7, 11) is -3.88. The maximum Gasteiger partial charge on any atom is 0.409 e. The zero-order valence-corrected chi connectivity index (χ0v) is 21.7. The minimum Gasteiger partial charge on any atom is -0.443 e. The molecule has 35 heavy (non-hydrogen) atoms. The van der Waals surface area contributed by atoms with Gasteiger partial charge in [-0.2, -0.15) is 0 Å². The number of rotatable bonds is 9. The van der Waals surface area contributed by atoms with Gasteiger partial charge in [0.25, 0.3) is 10.0 Å². The van der Waals surface area contributed by atoms with E-state index in [0.29, 0.717) is 16.5 Å². The van der Waals surface area contributed by atoms with Crippen molar-refractivity contribution < 1.29 is 17.9 Å². The van der Waals surface area contributed by atoms with E-state index in [1.807, 2.05) is 26.0 Å². The number of ether oxygens (including phenoxy) is 1. The first-order chi connectivity index (χ1) is 16.4. The van der Waals surface area contributed by atoms with Crippen LogP contribution in [0.3, 0.4) is 0 Å². The first-order valence-electron chi connectivity index (χ1n) is 10.7. The molecular formula is C24H26Cl2N4O4S. The van der Waals surface area contributed by atoms with Crippen LogP contribution in [0.1, 0.15) is 26.3 Å². The van der Waals surface area contributed by atoms with E-state index < -0.39 is 27.9 Å².